The molecule has 0 aliphatic carbocycles. The topological polar surface area (TPSA) is 45.3 Å². The number of esters is 1. The summed E-state index contributed by atoms with van der Waals surface area (Å²) in [5.74, 6) is 0.548. The summed E-state index contributed by atoms with van der Waals surface area (Å²) in [7, 11) is 4.12. The summed E-state index contributed by atoms with van der Waals surface area (Å²) in [6.07, 6.45) is 7.79. The lowest BCUT2D eigenvalue weighted by Gasteiger charge is -2.10. The smallest absolute Gasteiger partial charge is 0.311 e. The molecule has 0 fully saturated rings. The molecule has 1 aromatic carbocycles. The number of unbranched alkanes of at least 4 members (excludes halogenated alkanes) is 3. The molecule has 0 amide bonds. The molecular formula is C19H28N2O2. The molecule has 4 nitrogen and oxygen atoms in total. The lowest BCUT2D eigenvalue weighted by Crippen LogP contribution is -2.15. The van der Waals surface area contributed by atoms with Crippen molar-refractivity contribution in [3.8, 4) is 5.75 Å². The second kappa shape index (κ2) is 8.73. The van der Waals surface area contributed by atoms with E-state index in [0.29, 0.717) is 12.2 Å². The van der Waals surface area contributed by atoms with Crippen LogP contribution < -0.4 is 4.74 Å². The van der Waals surface area contributed by atoms with Crippen LogP contribution in [0.15, 0.2) is 24.4 Å². The van der Waals surface area contributed by atoms with E-state index in [2.05, 4.69) is 30.9 Å². The Kier molecular flexibility index (Phi) is 6.66. The van der Waals surface area contributed by atoms with Gasteiger partial charge in [0.25, 0.3) is 0 Å². The van der Waals surface area contributed by atoms with Crippen molar-refractivity contribution in [1.29, 1.82) is 0 Å². The van der Waals surface area contributed by atoms with Gasteiger partial charge in [-0.2, -0.15) is 0 Å². The van der Waals surface area contributed by atoms with Crippen LogP contribution in [0.3, 0.4) is 0 Å². The normalized spacial score (nSPS) is 11.3. The molecule has 126 valence electrons. The van der Waals surface area contributed by atoms with Crippen LogP contribution in [0.1, 0.15) is 44.6 Å². The highest BCUT2D eigenvalue weighted by Crippen LogP contribution is 2.29. The summed E-state index contributed by atoms with van der Waals surface area (Å²) in [6.45, 7) is 3.13. The fourth-order valence-electron chi connectivity index (χ4n) is 2.72. The zero-order valence-electron chi connectivity index (χ0n) is 14.5. The molecule has 0 atom stereocenters. The number of nitrogens with zero attached hydrogens (tertiary/aromatic N) is 1. The summed E-state index contributed by atoms with van der Waals surface area (Å²) in [4.78, 5) is 17.5. The number of hydrogen-bond donors (Lipinski definition) is 1. The highest BCUT2D eigenvalue weighted by Gasteiger charge is 2.13. The maximum Gasteiger partial charge on any atom is 0.311 e. The molecule has 0 radical (unpaired) electrons. The Balaban J connectivity index is 2.07. The fraction of sp³-hybridized carbons (Fsp3) is 0.526. The predicted octanol–water partition coefficient (Wildman–Crippen LogP) is 4.15. The molecule has 23 heavy (non-hydrogen) atoms. The summed E-state index contributed by atoms with van der Waals surface area (Å²) in [5.41, 5.74) is 2.22. The van der Waals surface area contributed by atoms with Crippen molar-refractivity contribution < 1.29 is 9.53 Å². The third-order valence-electron chi connectivity index (χ3n) is 4.04. The van der Waals surface area contributed by atoms with Crippen LogP contribution in [0, 0.1) is 0 Å². The van der Waals surface area contributed by atoms with E-state index in [4.69, 9.17) is 4.74 Å². The van der Waals surface area contributed by atoms with Crippen molar-refractivity contribution in [3.05, 3.63) is 30.0 Å². The van der Waals surface area contributed by atoms with E-state index in [1.54, 1.807) is 0 Å². The lowest BCUT2D eigenvalue weighted by atomic mass is 10.1. The summed E-state index contributed by atoms with van der Waals surface area (Å²) >= 11 is 0. The molecule has 1 heterocycles. The van der Waals surface area contributed by atoms with Crippen LogP contribution in [0.4, 0.5) is 0 Å². The molecule has 4 heteroatoms. The molecule has 0 aliphatic heterocycles. The van der Waals surface area contributed by atoms with Gasteiger partial charge in [0.15, 0.2) is 0 Å². The first-order valence-corrected chi connectivity index (χ1v) is 8.56. The van der Waals surface area contributed by atoms with E-state index < -0.39 is 0 Å². The minimum absolute atomic E-state index is 0.131. The van der Waals surface area contributed by atoms with E-state index in [9.17, 15) is 4.79 Å². The maximum atomic E-state index is 12.1. The van der Waals surface area contributed by atoms with Gasteiger partial charge in [0, 0.05) is 30.1 Å². The van der Waals surface area contributed by atoms with Gasteiger partial charge in [-0.3, -0.25) is 4.79 Å². The number of aromatic nitrogens is 1. The molecular weight excluding hydrogens is 288 g/mol. The summed E-state index contributed by atoms with van der Waals surface area (Å²) < 4.78 is 5.64. The van der Waals surface area contributed by atoms with Gasteiger partial charge in [0.05, 0.1) is 0 Å². The fourth-order valence-corrected chi connectivity index (χ4v) is 2.72. The van der Waals surface area contributed by atoms with Crippen LogP contribution in [-0.2, 0) is 11.2 Å². The van der Waals surface area contributed by atoms with Crippen LogP contribution in [-0.4, -0.2) is 36.5 Å². The Morgan fingerprint density at radius 2 is 2.04 bits per heavy atom. The number of aromatic amines is 1. The zero-order chi connectivity index (χ0) is 16.7. The van der Waals surface area contributed by atoms with Gasteiger partial charge in [0.2, 0.25) is 0 Å². The minimum Gasteiger partial charge on any atom is -0.426 e. The molecule has 0 spiro atoms. The highest BCUT2D eigenvalue weighted by atomic mass is 16.5. The van der Waals surface area contributed by atoms with Crippen LogP contribution >= 0.6 is 0 Å². The Hall–Kier alpha value is -1.81. The third-order valence-corrected chi connectivity index (χ3v) is 4.04. The van der Waals surface area contributed by atoms with E-state index in [0.717, 1.165) is 36.7 Å². The molecule has 0 aliphatic rings. The second-order valence-corrected chi connectivity index (χ2v) is 6.33. The summed E-state index contributed by atoms with van der Waals surface area (Å²) in [6, 6.07) is 5.83. The van der Waals surface area contributed by atoms with Crippen molar-refractivity contribution in [2.24, 2.45) is 0 Å². The average molecular weight is 316 g/mol. The number of ether oxygens (including phenoxy) is 1. The van der Waals surface area contributed by atoms with Gasteiger partial charge in [-0.25, -0.2) is 0 Å². The van der Waals surface area contributed by atoms with Crippen molar-refractivity contribution in [2.75, 3.05) is 20.6 Å². The number of carbonyl (C=O) groups is 1. The molecule has 0 bridgehead atoms. The van der Waals surface area contributed by atoms with E-state index in [-0.39, 0.29) is 5.97 Å². The standard InChI is InChI=1S/C19H28N2O2/c1-4-5-6-7-11-18(22)23-17-10-8-9-16-19(17)15(14-20-16)12-13-21(2)3/h8-10,14,20H,4-7,11-13H2,1-3H3. The maximum absolute atomic E-state index is 12.1. The molecule has 0 saturated heterocycles. The Morgan fingerprint density at radius 3 is 2.78 bits per heavy atom. The minimum atomic E-state index is -0.131. The monoisotopic (exact) mass is 316 g/mol. The molecule has 2 aromatic rings. The third kappa shape index (κ3) is 5.10. The van der Waals surface area contributed by atoms with Crippen molar-refractivity contribution in [3.63, 3.8) is 0 Å². The van der Waals surface area contributed by atoms with Gasteiger partial charge < -0.3 is 14.6 Å². The van der Waals surface area contributed by atoms with Gasteiger partial charge >= 0.3 is 5.97 Å². The van der Waals surface area contributed by atoms with Gasteiger partial charge in [-0.1, -0.05) is 32.3 Å². The van der Waals surface area contributed by atoms with E-state index >= 15 is 0 Å². The van der Waals surface area contributed by atoms with Crippen LogP contribution in [0.2, 0.25) is 0 Å². The lowest BCUT2D eigenvalue weighted by molar-refractivity contribution is -0.134. The number of hydrogen-bond acceptors (Lipinski definition) is 3. The number of benzene rings is 1. The molecule has 1 N–H and O–H groups in total. The second-order valence-electron chi connectivity index (χ2n) is 6.33. The Morgan fingerprint density at radius 1 is 1.22 bits per heavy atom. The van der Waals surface area contributed by atoms with Gasteiger partial charge in [0.1, 0.15) is 5.75 Å². The van der Waals surface area contributed by atoms with Crippen LogP contribution in [0.25, 0.3) is 10.9 Å². The number of nitrogens with one attached hydrogen (secondary N) is 1. The first kappa shape index (κ1) is 17.5. The van der Waals surface area contributed by atoms with Crippen LogP contribution in [0.5, 0.6) is 5.75 Å². The zero-order valence-corrected chi connectivity index (χ0v) is 14.5. The quantitative estimate of drug-likeness (QED) is 0.429. The molecule has 0 saturated carbocycles. The number of fused-ring (bicyclic) bond motifs is 1. The Bertz CT molecular complexity index is 631. The largest absolute Gasteiger partial charge is 0.426 e. The van der Waals surface area contributed by atoms with Crippen molar-refractivity contribution >= 4 is 16.9 Å². The van der Waals surface area contributed by atoms with E-state index in [1.807, 2.05) is 24.4 Å². The number of carbonyl (C=O) groups excluding carboxylic acids is 1. The summed E-state index contributed by atoms with van der Waals surface area (Å²) in [5, 5.41) is 1.04. The first-order valence-electron chi connectivity index (χ1n) is 8.56. The first-order chi connectivity index (χ1) is 11.1. The SMILES string of the molecule is CCCCCCC(=O)Oc1cccc2[nH]cc(CCN(C)C)c12. The Labute approximate surface area is 138 Å². The highest BCUT2D eigenvalue weighted by molar-refractivity contribution is 5.91. The van der Waals surface area contributed by atoms with E-state index in [1.165, 1.54) is 18.4 Å². The average Bonchev–Trinajstić information content (AvgIpc) is 2.94. The van der Waals surface area contributed by atoms with Crippen molar-refractivity contribution in [1.82, 2.24) is 9.88 Å². The van der Waals surface area contributed by atoms with Gasteiger partial charge in [-0.05, 0) is 44.6 Å². The molecule has 1 aromatic heterocycles. The number of H-pyrrole nitrogens is 1. The molecule has 2 rings (SSSR count). The number of likely N-dealkylation sites (N-methyl/N-ethyl adjacent to an activating group) is 1. The van der Waals surface area contributed by atoms with Gasteiger partial charge in [-0.15, -0.1) is 0 Å². The molecule has 0 unspecified atom stereocenters. The van der Waals surface area contributed by atoms with Crippen molar-refractivity contribution in [2.45, 2.75) is 45.4 Å². The predicted molar refractivity (Wildman–Crippen MR) is 95.0 cm³/mol. The number of rotatable bonds is 9.